The van der Waals surface area contributed by atoms with Crippen LogP contribution in [0.1, 0.15) is 54.5 Å². The minimum atomic E-state index is -0.587. The zero-order chi connectivity index (χ0) is 28.0. The molecule has 0 bridgehead atoms. The lowest BCUT2D eigenvalue weighted by molar-refractivity contribution is -0.139. The Hall–Kier alpha value is -3.06. The average molecular weight is 658 g/mol. The minimum Gasteiger partial charge on any atom is -0.488 e. The molecule has 11 nitrogen and oxygen atoms in total. The summed E-state index contributed by atoms with van der Waals surface area (Å²) in [6.45, 7) is 6.03. The van der Waals surface area contributed by atoms with Crippen molar-refractivity contribution in [2.24, 2.45) is 0 Å². The van der Waals surface area contributed by atoms with Gasteiger partial charge in [0.05, 0.1) is 21.9 Å². The molecule has 0 aliphatic carbocycles. The number of nitrogens with zero attached hydrogens (tertiary/aromatic N) is 1. The Bertz CT molecular complexity index is 1180. The highest BCUT2D eigenvalue weighted by Crippen LogP contribution is 2.31. The van der Waals surface area contributed by atoms with E-state index in [0.29, 0.717) is 46.4 Å². The summed E-state index contributed by atoms with van der Waals surface area (Å²) in [5.41, 5.74) is 0.311. The number of nitrogens with one attached hydrogen (secondary N) is 3. The van der Waals surface area contributed by atoms with E-state index in [1.807, 2.05) is 20.8 Å². The molecule has 1 aliphatic rings. The van der Waals surface area contributed by atoms with Crippen molar-refractivity contribution < 1.29 is 33.4 Å². The summed E-state index contributed by atoms with van der Waals surface area (Å²) in [6, 6.07) is 6.20. The molecule has 0 radical (unpaired) electrons. The molecule has 0 spiro atoms. The summed E-state index contributed by atoms with van der Waals surface area (Å²) in [6.07, 6.45) is 0.409. The second-order valence-corrected chi connectivity index (χ2v) is 11.2. The topological polar surface area (TPSA) is 139 Å². The molecule has 38 heavy (non-hydrogen) atoms. The van der Waals surface area contributed by atoms with Gasteiger partial charge in [0, 0.05) is 31.5 Å². The number of halogens is 2. The number of likely N-dealkylation sites (tertiary alicyclic amines) is 1. The van der Waals surface area contributed by atoms with Gasteiger partial charge in [-0.05, 0) is 76.9 Å². The fourth-order valence-electron chi connectivity index (χ4n) is 3.57. The van der Waals surface area contributed by atoms with Crippen LogP contribution in [-0.2, 0) is 14.3 Å². The largest absolute Gasteiger partial charge is 0.488 e. The number of amides is 3. The van der Waals surface area contributed by atoms with Crippen LogP contribution in [0.5, 0.6) is 5.75 Å². The van der Waals surface area contributed by atoms with Gasteiger partial charge in [0.1, 0.15) is 29.7 Å². The number of piperidine rings is 1. The fraction of sp³-hybridized carbons (Fsp3) is 0.440. The maximum absolute atomic E-state index is 12.9. The van der Waals surface area contributed by atoms with Crippen molar-refractivity contribution in [3.8, 4) is 5.75 Å². The van der Waals surface area contributed by atoms with Gasteiger partial charge in [0.25, 0.3) is 11.8 Å². The van der Waals surface area contributed by atoms with E-state index in [2.05, 4.69) is 52.2 Å². The third-order valence-corrected chi connectivity index (χ3v) is 7.25. The average Bonchev–Trinajstić information content (AvgIpc) is 3.20. The van der Waals surface area contributed by atoms with Crippen LogP contribution in [0, 0.1) is 0 Å². The lowest BCUT2D eigenvalue weighted by Crippen LogP contribution is -2.44. The molecule has 13 heteroatoms. The number of benzene rings is 1. The first-order chi connectivity index (χ1) is 17.9. The molecule has 1 aromatic heterocycles. The Balaban J connectivity index is 1.76. The lowest BCUT2D eigenvalue weighted by atomic mass is 10.1. The molecule has 2 aromatic rings. The minimum absolute atomic E-state index is 0.235. The SMILES string of the molecule is COC(=O)CNC(=O)c1ccc(NC(=O)c2cc(Br)c(Br)[nH]2)c(OC2CCN(C(=O)OC(C)(C)C)CC2)c1. The molecule has 3 N–H and O–H groups in total. The number of carbonyl (C=O) groups excluding carboxylic acids is 4. The molecule has 1 aromatic carbocycles. The summed E-state index contributed by atoms with van der Waals surface area (Å²) in [7, 11) is 1.23. The zero-order valence-electron chi connectivity index (χ0n) is 21.5. The standard InChI is InChI=1S/C25H30Br2N4O7/c1-25(2,3)38-24(35)31-9-7-15(8-10-31)37-19-11-14(22(33)28-13-20(32)36-4)5-6-17(19)30-23(34)18-12-16(26)21(27)29-18/h5-6,11-12,15,29H,7-10,13H2,1-4H3,(H,28,33)(H,30,34). The van der Waals surface area contributed by atoms with Gasteiger partial charge in [-0.25, -0.2) is 4.79 Å². The van der Waals surface area contributed by atoms with Crippen LogP contribution in [0.4, 0.5) is 10.5 Å². The highest BCUT2D eigenvalue weighted by atomic mass is 79.9. The second kappa shape index (κ2) is 12.7. The van der Waals surface area contributed by atoms with Crippen LogP contribution in [0.15, 0.2) is 33.3 Å². The van der Waals surface area contributed by atoms with E-state index < -0.39 is 23.4 Å². The van der Waals surface area contributed by atoms with Gasteiger partial charge in [0.15, 0.2) is 0 Å². The van der Waals surface area contributed by atoms with Crippen LogP contribution in [0.3, 0.4) is 0 Å². The molecule has 1 fully saturated rings. The number of aromatic amines is 1. The molecule has 3 amide bonds. The Labute approximate surface area is 237 Å². The van der Waals surface area contributed by atoms with Gasteiger partial charge in [0.2, 0.25) is 0 Å². The van der Waals surface area contributed by atoms with E-state index in [4.69, 9.17) is 9.47 Å². The summed E-state index contributed by atoms with van der Waals surface area (Å²) < 4.78 is 17.5. The van der Waals surface area contributed by atoms with Gasteiger partial charge in [-0.15, -0.1) is 0 Å². The molecule has 1 aliphatic heterocycles. The number of hydrogen-bond donors (Lipinski definition) is 3. The van der Waals surface area contributed by atoms with Crippen LogP contribution in [-0.4, -0.2) is 72.2 Å². The predicted molar refractivity (Wildman–Crippen MR) is 146 cm³/mol. The molecule has 3 rings (SSSR count). The summed E-state index contributed by atoms with van der Waals surface area (Å²) in [4.78, 5) is 53.8. The maximum Gasteiger partial charge on any atom is 0.410 e. The second-order valence-electron chi connectivity index (χ2n) is 9.55. The molecule has 0 unspecified atom stereocenters. The van der Waals surface area contributed by atoms with Gasteiger partial charge in [-0.1, -0.05) is 0 Å². The Morgan fingerprint density at radius 3 is 2.34 bits per heavy atom. The number of esters is 1. The monoisotopic (exact) mass is 656 g/mol. The number of hydrogen-bond acceptors (Lipinski definition) is 7. The van der Waals surface area contributed by atoms with Crippen LogP contribution in [0.2, 0.25) is 0 Å². The smallest absolute Gasteiger partial charge is 0.410 e. The van der Waals surface area contributed by atoms with Crippen molar-refractivity contribution in [3.05, 3.63) is 44.6 Å². The fourth-order valence-corrected chi connectivity index (χ4v) is 4.23. The Morgan fingerprint density at radius 2 is 1.76 bits per heavy atom. The number of carbonyl (C=O) groups is 4. The van der Waals surface area contributed by atoms with E-state index in [-0.39, 0.29) is 30.1 Å². The van der Waals surface area contributed by atoms with Crippen molar-refractivity contribution in [2.75, 3.05) is 32.1 Å². The molecular weight excluding hydrogens is 628 g/mol. The quantitative estimate of drug-likeness (QED) is 0.373. The van der Waals surface area contributed by atoms with Crippen molar-refractivity contribution >= 4 is 61.4 Å². The Kier molecular flexibility index (Phi) is 9.82. The Morgan fingerprint density at radius 1 is 1.08 bits per heavy atom. The lowest BCUT2D eigenvalue weighted by Gasteiger charge is -2.33. The molecular formula is C25H30Br2N4O7. The third kappa shape index (κ3) is 8.22. The molecule has 0 atom stereocenters. The van der Waals surface area contributed by atoms with Crippen molar-refractivity contribution in [3.63, 3.8) is 0 Å². The summed E-state index contributed by atoms with van der Waals surface area (Å²) >= 11 is 6.65. The van der Waals surface area contributed by atoms with Crippen LogP contribution in [0.25, 0.3) is 0 Å². The normalized spacial score (nSPS) is 14.0. The number of ether oxygens (including phenoxy) is 3. The number of methoxy groups -OCH3 is 1. The van der Waals surface area contributed by atoms with Gasteiger partial charge in [-0.3, -0.25) is 14.4 Å². The van der Waals surface area contributed by atoms with E-state index in [1.54, 1.807) is 17.0 Å². The first-order valence-electron chi connectivity index (χ1n) is 11.8. The van der Waals surface area contributed by atoms with Crippen molar-refractivity contribution in [1.29, 1.82) is 0 Å². The first-order valence-corrected chi connectivity index (χ1v) is 13.4. The zero-order valence-corrected chi connectivity index (χ0v) is 24.7. The van der Waals surface area contributed by atoms with Gasteiger partial charge >= 0.3 is 12.1 Å². The van der Waals surface area contributed by atoms with E-state index in [1.165, 1.54) is 19.2 Å². The van der Waals surface area contributed by atoms with Gasteiger partial charge in [-0.2, -0.15) is 0 Å². The number of aromatic nitrogens is 1. The number of rotatable bonds is 7. The highest BCUT2D eigenvalue weighted by molar-refractivity contribution is 9.13. The summed E-state index contributed by atoms with van der Waals surface area (Å²) in [5.74, 6) is -1.22. The molecule has 0 saturated carbocycles. The van der Waals surface area contributed by atoms with E-state index >= 15 is 0 Å². The summed E-state index contributed by atoms with van der Waals surface area (Å²) in [5, 5.41) is 5.29. The van der Waals surface area contributed by atoms with Crippen molar-refractivity contribution in [2.45, 2.75) is 45.3 Å². The molecule has 206 valence electrons. The van der Waals surface area contributed by atoms with Crippen LogP contribution < -0.4 is 15.4 Å². The maximum atomic E-state index is 12.9. The van der Waals surface area contributed by atoms with Crippen molar-refractivity contribution in [1.82, 2.24) is 15.2 Å². The van der Waals surface area contributed by atoms with E-state index in [9.17, 15) is 19.2 Å². The predicted octanol–water partition coefficient (Wildman–Crippen LogP) is 4.47. The van der Waals surface area contributed by atoms with Gasteiger partial charge < -0.3 is 34.7 Å². The third-order valence-electron chi connectivity index (χ3n) is 5.47. The molecule has 1 saturated heterocycles. The highest BCUT2D eigenvalue weighted by Gasteiger charge is 2.28. The number of anilines is 1. The molecule has 2 heterocycles. The first kappa shape index (κ1) is 29.5. The number of H-pyrrole nitrogens is 1. The van der Waals surface area contributed by atoms with Crippen LogP contribution >= 0.6 is 31.9 Å². The van der Waals surface area contributed by atoms with E-state index in [0.717, 1.165) is 0 Å².